The first-order chi connectivity index (χ1) is 14.2. The molecule has 0 spiro atoms. The van der Waals surface area contributed by atoms with Crippen LogP contribution >= 0.6 is 39.0 Å². The Balaban J connectivity index is 1.44. The van der Waals surface area contributed by atoms with Crippen molar-refractivity contribution in [3.05, 3.63) is 76.5 Å². The maximum atomic E-state index is 12.7. The molecule has 0 saturated heterocycles. The van der Waals surface area contributed by atoms with Gasteiger partial charge >= 0.3 is 0 Å². The molecule has 0 fully saturated rings. The highest BCUT2D eigenvalue weighted by molar-refractivity contribution is 9.10. The molecule has 4 nitrogen and oxygen atoms in total. The Morgan fingerprint density at radius 1 is 1.10 bits per heavy atom. The van der Waals surface area contributed by atoms with Crippen molar-refractivity contribution in [1.82, 2.24) is 9.97 Å². The molecule has 3 heterocycles. The molecule has 29 heavy (non-hydrogen) atoms. The van der Waals surface area contributed by atoms with E-state index in [0.717, 1.165) is 36.2 Å². The fourth-order valence-corrected chi connectivity index (χ4v) is 5.39. The van der Waals surface area contributed by atoms with Gasteiger partial charge < -0.3 is 4.42 Å². The lowest BCUT2D eigenvalue weighted by Gasteiger charge is -2.04. The summed E-state index contributed by atoms with van der Waals surface area (Å²) >= 11 is 6.44. The van der Waals surface area contributed by atoms with Crippen LogP contribution in [0.1, 0.15) is 10.6 Å². The first kappa shape index (κ1) is 18.5. The fourth-order valence-electron chi connectivity index (χ4n) is 3.14. The molecule has 7 heteroatoms. The van der Waals surface area contributed by atoms with Crippen LogP contribution in [-0.2, 0) is 0 Å². The van der Waals surface area contributed by atoms with Gasteiger partial charge in [-0.3, -0.25) is 4.79 Å². The maximum Gasteiger partial charge on any atom is 0.208 e. The van der Waals surface area contributed by atoms with Gasteiger partial charge in [-0.05, 0) is 29.8 Å². The first-order valence-electron chi connectivity index (χ1n) is 8.82. The Kier molecular flexibility index (Phi) is 4.95. The molecule has 142 valence electrons. The van der Waals surface area contributed by atoms with E-state index in [9.17, 15) is 4.79 Å². The molecule has 0 bridgehead atoms. The largest absolute Gasteiger partial charge is 0.453 e. The van der Waals surface area contributed by atoms with Gasteiger partial charge in [0.2, 0.25) is 5.78 Å². The summed E-state index contributed by atoms with van der Waals surface area (Å²) in [7, 11) is 0. The number of ketones is 1. The van der Waals surface area contributed by atoms with E-state index >= 15 is 0 Å². The summed E-state index contributed by atoms with van der Waals surface area (Å²) in [4.78, 5) is 22.5. The number of hydrogen-bond acceptors (Lipinski definition) is 6. The number of benzene rings is 2. The highest BCUT2D eigenvalue weighted by atomic mass is 79.9. The minimum absolute atomic E-state index is 0.0643. The first-order valence-corrected chi connectivity index (χ1v) is 11.5. The van der Waals surface area contributed by atoms with E-state index < -0.39 is 0 Å². The molecule has 0 aliphatic rings. The molecule has 5 aromatic rings. The Bertz CT molecular complexity index is 1350. The number of fused-ring (bicyclic) bond motifs is 2. The van der Waals surface area contributed by atoms with Gasteiger partial charge in [0.15, 0.2) is 5.76 Å². The van der Waals surface area contributed by atoms with Gasteiger partial charge in [0.25, 0.3) is 0 Å². The zero-order valence-electron chi connectivity index (χ0n) is 15.0. The highest BCUT2D eigenvalue weighted by Crippen LogP contribution is 2.38. The van der Waals surface area contributed by atoms with Crippen molar-refractivity contribution in [2.75, 3.05) is 5.75 Å². The lowest BCUT2D eigenvalue weighted by atomic mass is 10.1. The number of carbonyl (C=O) groups excluding carboxylic acids is 1. The molecule has 0 N–H and O–H groups in total. The zero-order chi connectivity index (χ0) is 19.8. The van der Waals surface area contributed by atoms with Gasteiger partial charge in [0.1, 0.15) is 21.8 Å². The predicted octanol–water partition coefficient (Wildman–Crippen LogP) is 6.84. The lowest BCUT2D eigenvalue weighted by Crippen LogP contribution is -2.01. The number of furan rings is 1. The summed E-state index contributed by atoms with van der Waals surface area (Å²) in [5.41, 5.74) is 2.91. The molecule has 2 aromatic carbocycles. The molecule has 0 aliphatic heterocycles. The quantitative estimate of drug-likeness (QED) is 0.156. The van der Waals surface area contributed by atoms with Crippen LogP contribution in [0.15, 0.2) is 80.2 Å². The molecule has 0 amide bonds. The third-order valence-electron chi connectivity index (χ3n) is 4.51. The monoisotopic (exact) mass is 480 g/mol. The second-order valence-corrected chi connectivity index (χ2v) is 9.12. The van der Waals surface area contributed by atoms with E-state index in [1.165, 1.54) is 11.8 Å². The van der Waals surface area contributed by atoms with Gasteiger partial charge in [-0.15, -0.1) is 11.3 Å². The van der Waals surface area contributed by atoms with Crippen molar-refractivity contribution < 1.29 is 9.21 Å². The minimum Gasteiger partial charge on any atom is -0.453 e. The van der Waals surface area contributed by atoms with Crippen molar-refractivity contribution in [2.24, 2.45) is 0 Å². The number of thioether (sulfide) groups is 1. The molecule has 0 unspecified atom stereocenters. The van der Waals surface area contributed by atoms with Crippen molar-refractivity contribution in [1.29, 1.82) is 0 Å². The summed E-state index contributed by atoms with van der Waals surface area (Å²) in [6.07, 6.45) is 1.55. The Hall–Kier alpha value is -2.48. The van der Waals surface area contributed by atoms with Crippen molar-refractivity contribution in [3.63, 3.8) is 0 Å². The van der Waals surface area contributed by atoms with E-state index in [0.29, 0.717) is 11.3 Å². The van der Waals surface area contributed by atoms with Crippen LogP contribution in [0.2, 0.25) is 0 Å². The number of aromatic nitrogens is 2. The van der Waals surface area contributed by atoms with Crippen LogP contribution in [0.3, 0.4) is 0 Å². The second kappa shape index (κ2) is 7.74. The maximum absolute atomic E-state index is 12.7. The van der Waals surface area contributed by atoms with Gasteiger partial charge in [0, 0.05) is 20.8 Å². The van der Waals surface area contributed by atoms with Gasteiger partial charge in [-0.25, -0.2) is 9.97 Å². The highest BCUT2D eigenvalue weighted by Gasteiger charge is 2.17. The standard InChI is InChI=1S/C22H13BrN2O2S2/c23-15-6-7-18-14(8-15)9-19(27-18)17(26)11-29-22-20-16(13-4-2-1-3-5-13)10-28-21(20)24-12-25-22/h1-10,12H,11H2. The lowest BCUT2D eigenvalue weighted by molar-refractivity contribution is 0.0994. The van der Waals surface area contributed by atoms with Gasteiger partial charge in [0.05, 0.1) is 11.1 Å². The van der Waals surface area contributed by atoms with Gasteiger partial charge in [-0.1, -0.05) is 58.0 Å². The Labute approximate surface area is 183 Å². The van der Waals surface area contributed by atoms with E-state index in [2.05, 4.69) is 43.4 Å². The Morgan fingerprint density at radius 3 is 2.83 bits per heavy atom. The van der Waals surface area contributed by atoms with Crippen LogP contribution in [0.25, 0.3) is 32.3 Å². The number of rotatable bonds is 5. The Morgan fingerprint density at radius 2 is 1.97 bits per heavy atom. The smallest absolute Gasteiger partial charge is 0.208 e. The normalized spacial score (nSPS) is 11.3. The summed E-state index contributed by atoms with van der Waals surface area (Å²) in [5, 5.41) is 4.80. The van der Waals surface area contributed by atoms with Crippen LogP contribution in [-0.4, -0.2) is 21.5 Å². The predicted molar refractivity (Wildman–Crippen MR) is 122 cm³/mol. The number of halogens is 1. The fraction of sp³-hybridized carbons (Fsp3) is 0.0455. The second-order valence-electron chi connectivity index (χ2n) is 6.38. The molecule has 0 saturated carbocycles. The van der Waals surface area contributed by atoms with Crippen LogP contribution in [0.4, 0.5) is 0 Å². The van der Waals surface area contributed by atoms with Gasteiger partial charge in [-0.2, -0.15) is 0 Å². The SMILES string of the molecule is O=C(CSc1ncnc2scc(-c3ccccc3)c12)c1cc2cc(Br)ccc2o1. The van der Waals surface area contributed by atoms with Crippen LogP contribution in [0, 0.1) is 0 Å². The number of hydrogen-bond donors (Lipinski definition) is 0. The molecular weight excluding hydrogens is 468 g/mol. The van der Waals surface area contributed by atoms with Crippen molar-refractivity contribution >= 4 is 66.0 Å². The van der Waals surface area contributed by atoms with Crippen LogP contribution in [0.5, 0.6) is 0 Å². The molecule has 5 rings (SSSR count). The third kappa shape index (κ3) is 3.61. The van der Waals surface area contributed by atoms with E-state index in [4.69, 9.17) is 4.42 Å². The summed E-state index contributed by atoms with van der Waals surface area (Å²) in [6, 6.07) is 17.6. The van der Waals surface area contributed by atoms with Crippen molar-refractivity contribution in [2.45, 2.75) is 5.03 Å². The number of carbonyl (C=O) groups is 1. The number of nitrogens with zero attached hydrogens (tertiary/aromatic N) is 2. The zero-order valence-corrected chi connectivity index (χ0v) is 18.2. The van der Waals surface area contributed by atoms with Crippen LogP contribution < -0.4 is 0 Å². The molecule has 0 radical (unpaired) electrons. The summed E-state index contributed by atoms with van der Waals surface area (Å²) in [5.74, 6) is 0.548. The average Bonchev–Trinajstić information content (AvgIpc) is 3.37. The van der Waals surface area contributed by atoms with Crippen molar-refractivity contribution in [3.8, 4) is 11.1 Å². The number of Topliss-reactive ketones (excluding diaryl/α,β-unsaturated/α-hetero) is 1. The molecule has 0 aliphatic carbocycles. The topological polar surface area (TPSA) is 56.0 Å². The van der Waals surface area contributed by atoms with E-state index in [1.807, 2.05) is 36.4 Å². The minimum atomic E-state index is -0.0643. The molecule has 0 atom stereocenters. The molecule has 3 aromatic heterocycles. The summed E-state index contributed by atoms with van der Waals surface area (Å²) < 4.78 is 6.68. The number of thiophene rings is 1. The summed E-state index contributed by atoms with van der Waals surface area (Å²) in [6.45, 7) is 0. The third-order valence-corrected chi connectivity index (χ3v) is 6.88. The molecular formula is C22H13BrN2O2S2. The van der Waals surface area contributed by atoms with E-state index in [1.54, 1.807) is 23.7 Å². The van der Waals surface area contributed by atoms with E-state index in [-0.39, 0.29) is 11.5 Å². The average molecular weight is 481 g/mol.